The summed E-state index contributed by atoms with van der Waals surface area (Å²) in [5.41, 5.74) is -2.66. The summed E-state index contributed by atoms with van der Waals surface area (Å²) in [7, 11) is 0. The van der Waals surface area contributed by atoms with Gasteiger partial charge in [-0.3, -0.25) is 24.0 Å². The zero-order valence-electron chi connectivity index (χ0n) is 22.6. The van der Waals surface area contributed by atoms with E-state index in [-0.39, 0.29) is 35.5 Å². The molecular formula is C28H36O10. The Labute approximate surface area is 221 Å². The van der Waals surface area contributed by atoms with Gasteiger partial charge in [-0.05, 0) is 42.6 Å². The molecule has 0 radical (unpaired) electrons. The molecule has 4 saturated carbocycles. The van der Waals surface area contributed by atoms with Crippen LogP contribution in [0, 0.1) is 34.0 Å². The molecule has 5 fully saturated rings. The number of ketones is 1. The van der Waals surface area contributed by atoms with E-state index in [9.17, 15) is 24.0 Å². The van der Waals surface area contributed by atoms with Crippen LogP contribution in [0.3, 0.4) is 0 Å². The highest BCUT2D eigenvalue weighted by Gasteiger charge is 2.82. The maximum atomic E-state index is 14.4. The van der Waals surface area contributed by atoms with E-state index >= 15 is 0 Å². The quantitative estimate of drug-likeness (QED) is 0.302. The van der Waals surface area contributed by atoms with E-state index in [0.29, 0.717) is 13.0 Å². The first-order valence-electron chi connectivity index (χ1n) is 13.3. The van der Waals surface area contributed by atoms with Gasteiger partial charge in [0.2, 0.25) is 6.29 Å². The van der Waals surface area contributed by atoms with Crippen LogP contribution in [0.15, 0.2) is 12.2 Å². The van der Waals surface area contributed by atoms with Gasteiger partial charge in [0.25, 0.3) is 0 Å². The van der Waals surface area contributed by atoms with Crippen molar-refractivity contribution in [1.82, 2.24) is 0 Å². The predicted molar refractivity (Wildman–Crippen MR) is 129 cm³/mol. The average molecular weight is 533 g/mol. The lowest BCUT2D eigenvalue weighted by molar-refractivity contribution is -0.358. The second kappa shape index (κ2) is 8.89. The number of esters is 4. The zero-order chi connectivity index (χ0) is 27.8. The highest BCUT2D eigenvalue weighted by atomic mass is 16.7. The number of carbonyl (C=O) groups excluding carboxylic acids is 5. The number of ether oxygens (including phenoxy) is 5. The molecule has 2 unspecified atom stereocenters. The van der Waals surface area contributed by atoms with Crippen LogP contribution in [0.25, 0.3) is 0 Å². The molecule has 4 bridgehead atoms. The van der Waals surface area contributed by atoms with E-state index in [1.54, 1.807) is 0 Å². The van der Waals surface area contributed by atoms with Gasteiger partial charge in [-0.1, -0.05) is 19.9 Å². The van der Waals surface area contributed by atoms with Crippen molar-refractivity contribution in [2.45, 2.75) is 91.3 Å². The van der Waals surface area contributed by atoms with Gasteiger partial charge in [0.1, 0.15) is 23.7 Å². The number of fused-ring (bicyclic) bond motifs is 1. The van der Waals surface area contributed by atoms with Crippen LogP contribution < -0.4 is 0 Å². The topological polar surface area (TPSA) is 132 Å². The van der Waals surface area contributed by atoms with Gasteiger partial charge >= 0.3 is 23.9 Å². The predicted octanol–water partition coefficient (Wildman–Crippen LogP) is 2.66. The van der Waals surface area contributed by atoms with Crippen LogP contribution in [-0.4, -0.2) is 60.9 Å². The Morgan fingerprint density at radius 2 is 1.53 bits per heavy atom. The molecule has 1 heterocycles. The lowest BCUT2D eigenvalue weighted by Gasteiger charge is -2.70. The first-order valence-corrected chi connectivity index (χ1v) is 13.3. The third-order valence-electron chi connectivity index (χ3n) is 9.95. The molecule has 5 aliphatic rings. The van der Waals surface area contributed by atoms with Crippen molar-refractivity contribution in [3.05, 3.63) is 12.2 Å². The van der Waals surface area contributed by atoms with Crippen molar-refractivity contribution in [2.75, 3.05) is 6.61 Å². The summed E-state index contributed by atoms with van der Waals surface area (Å²) in [5.74, 6) is -4.24. The van der Waals surface area contributed by atoms with E-state index in [4.69, 9.17) is 23.7 Å². The maximum absolute atomic E-state index is 14.4. The summed E-state index contributed by atoms with van der Waals surface area (Å²) in [5, 5.41) is 0. The van der Waals surface area contributed by atoms with Gasteiger partial charge < -0.3 is 23.7 Å². The fraction of sp³-hybridized carbons (Fsp3) is 0.750. The molecule has 0 aromatic carbocycles. The Balaban J connectivity index is 1.82. The van der Waals surface area contributed by atoms with Crippen LogP contribution in [0.5, 0.6) is 0 Å². The van der Waals surface area contributed by atoms with Crippen molar-refractivity contribution in [2.24, 2.45) is 34.0 Å². The van der Waals surface area contributed by atoms with Crippen LogP contribution in [-0.2, 0) is 47.7 Å². The summed E-state index contributed by atoms with van der Waals surface area (Å²) in [4.78, 5) is 64.1. The molecule has 0 amide bonds. The Morgan fingerprint density at radius 1 is 0.895 bits per heavy atom. The first-order chi connectivity index (χ1) is 17.8. The van der Waals surface area contributed by atoms with E-state index in [2.05, 4.69) is 13.5 Å². The fourth-order valence-corrected chi connectivity index (χ4v) is 9.12. The van der Waals surface area contributed by atoms with Crippen LogP contribution in [0.4, 0.5) is 0 Å². The van der Waals surface area contributed by atoms with Crippen molar-refractivity contribution in [3.63, 3.8) is 0 Å². The molecule has 0 aromatic heterocycles. The molecule has 1 spiro atoms. The van der Waals surface area contributed by atoms with E-state index < -0.39 is 71.1 Å². The Hall–Kier alpha value is -2.75. The van der Waals surface area contributed by atoms with Crippen LogP contribution in [0.1, 0.15) is 66.7 Å². The minimum Gasteiger partial charge on any atom is -0.462 e. The summed E-state index contributed by atoms with van der Waals surface area (Å²) < 4.78 is 29.9. The van der Waals surface area contributed by atoms with Gasteiger partial charge in [-0.15, -0.1) is 0 Å². The van der Waals surface area contributed by atoms with E-state index in [1.807, 2.05) is 0 Å². The molecule has 1 saturated heterocycles. The lowest BCUT2D eigenvalue weighted by Crippen LogP contribution is -2.76. The van der Waals surface area contributed by atoms with Crippen molar-refractivity contribution < 1.29 is 47.7 Å². The normalized spacial score (nSPS) is 44.8. The van der Waals surface area contributed by atoms with Gasteiger partial charge in [-0.2, -0.15) is 0 Å². The van der Waals surface area contributed by atoms with Crippen LogP contribution in [0.2, 0.25) is 0 Å². The van der Waals surface area contributed by atoms with Crippen molar-refractivity contribution in [1.29, 1.82) is 0 Å². The number of rotatable bonds is 4. The highest BCUT2D eigenvalue weighted by Crippen LogP contribution is 2.75. The molecule has 5 rings (SSSR count). The molecule has 10 heteroatoms. The molecule has 1 aliphatic heterocycles. The minimum absolute atomic E-state index is 0.194. The smallest absolute Gasteiger partial charge is 0.304 e. The Kier molecular flexibility index (Phi) is 6.28. The molecule has 10 nitrogen and oxygen atoms in total. The van der Waals surface area contributed by atoms with E-state index in [0.717, 1.165) is 12.8 Å². The first kappa shape index (κ1) is 26.8. The largest absolute Gasteiger partial charge is 0.462 e. The molecule has 208 valence electrons. The maximum Gasteiger partial charge on any atom is 0.304 e. The highest BCUT2D eigenvalue weighted by molar-refractivity contribution is 6.05. The molecule has 10 atom stereocenters. The second-order valence-electron chi connectivity index (χ2n) is 12.0. The Bertz CT molecular complexity index is 1110. The molecule has 4 aliphatic carbocycles. The van der Waals surface area contributed by atoms with E-state index in [1.165, 1.54) is 27.7 Å². The minimum atomic E-state index is -1.58. The average Bonchev–Trinajstić information content (AvgIpc) is 2.91. The number of Topliss-reactive ketones (excluding diaryl/α,β-unsaturated/α-hetero) is 1. The Morgan fingerprint density at radius 3 is 2.13 bits per heavy atom. The molecule has 38 heavy (non-hydrogen) atoms. The summed E-state index contributed by atoms with van der Waals surface area (Å²) in [6, 6.07) is 0. The SMILES string of the molecule is C=C1C(=O)C23C(OC(C)=O)C[C@@H]4[C@@]5(C)CCC[C@@]4([C@H](OC(C)=O)OC5)[C@@H]2[C@@H](OC(C)=O)C[C@@H]1[C@H]3OC(C)=O. The van der Waals surface area contributed by atoms with Gasteiger partial charge in [-0.25, -0.2) is 0 Å². The molecular weight excluding hydrogens is 496 g/mol. The number of hydrogen-bond donors (Lipinski definition) is 0. The third kappa shape index (κ3) is 3.51. The van der Waals surface area contributed by atoms with Crippen molar-refractivity contribution in [3.8, 4) is 0 Å². The number of carbonyl (C=O) groups is 5. The second-order valence-corrected chi connectivity index (χ2v) is 12.0. The zero-order valence-corrected chi connectivity index (χ0v) is 22.6. The van der Waals surface area contributed by atoms with Crippen LogP contribution >= 0.6 is 0 Å². The fourth-order valence-electron chi connectivity index (χ4n) is 9.12. The summed E-state index contributed by atoms with van der Waals surface area (Å²) in [6.07, 6.45) is -1.18. The monoisotopic (exact) mass is 532 g/mol. The summed E-state index contributed by atoms with van der Waals surface area (Å²) in [6.45, 7) is 11.6. The van der Waals surface area contributed by atoms with Crippen molar-refractivity contribution >= 4 is 29.7 Å². The number of hydrogen-bond acceptors (Lipinski definition) is 10. The van der Waals surface area contributed by atoms with Gasteiger partial charge in [0, 0.05) is 44.9 Å². The summed E-state index contributed by atoms with van der Waals surface area (Å²) >= 11 is 0. The van der Waals surface area contributed by atoms with Gasteiger partial charge in [0.05, 0.1) is 6.61 Å². The lowest BCUT2D eigenvalue weighted by atomic mass is 9.37. The molecule has 0 aromatic rings. The standard InChI is InChI=1S/C28H36O10/c1-13-18-10-19(35-14(2)29)22-27-9-7-8-26(6,12-34-25(27)38-17(5)32)20(27)11-21(36-15(3)30)28(22,23(13)33)24(18)37-16(4)31/h18-22,24-25H,1,7-12H2,2-6H3/t18-,19-,20+,21?,22-,24+,25-,26-,27-,28?/m0/s1. The third-order valence-corrected chi connectivity index (χ3v) is 9.95. The van der Waals surface area contributed by atoms with Gasteiger partial charge in [0.15, 0.2) is 5.78 Å². The molecule has 0 N–H and O–H groups in total.